The van der Waals surface area contributed by atoms with E-state index in [1.54, 1.807) is 0 Å². The monoisotopic (exact) mass is 257 g/mol. The van der Waals surface area contributed by atoms with Crippen LogP contribution in [0, 0.1) is 5.92 Å². The zero-order chi connectivity index (χ0) is 13.2. The van der Waals surface area contributed by atoms with Gasteiger partial charge in [-0.25, -0.2) is 0 Å². The highest BCUT2D eigenvalue weighted by Gasteiger charge is 2.30. The van der Waals surface area contributed by atoms with Crippen LogP contribution in [0.2, 0.25) is 0 Å². The van der Waals surface area contributed by atoms with Gasteiger partial charge in [0.1, 0.15) is 0 Å². The molecule has 1 aliphatic rings. The van der Waals surface area contributed by atoms with Crippen LogP contribution in [-0.2, 0) is 4.74 Å². The summed E-state index contributed by atoms with van der Waals surface area (Å²) >= 11 is 0. The Morgan fingerprint density at radius 2 is 2.32 bits per heavy atom. The lowest BCUT2D eigenvalue weighted by Gasteiger charge is -2.23. The molecule has 3 unspecified atom stereocenters. The maximum absolute atomic E-state index is 5.80. The Bertz CT molecular complexity index is 567. The number of hydrogen-bond donors (Lipinski definition) is 2. The van der Waals surface area contributed by atoms with Crippen LogP contribution in [0.15, 0.2) is 36.7 Å². The van der Waals surface area contributed by atoms with E-state index in [2.05, 4.69) is 35.5 Å². The van der Waals surface area contributed by atoms with Gasteiger partial charge in [0.05, 0.1) is 18.8 Å². The Hall–Kier alpha value is -1.49. The highest BCUT2D eigenvalue weighted by Crippen LogP contribution is 2.34. The minimum Gasteiger partial charge on any atom is -0.378 e. The summed E-state index contributed by atoms with van der Waals surface area (Å²) in [6.07, 6.45) is 5.07. The molecule has 2 heterocycles. The number of pyridine rings is 1. The van der Waals surface area contributed by atoms with Crippen molar-refractivity contribution in [1.82, 2.24) is 10.4 Å². The summed E-state index contributed by atoms with van der Waals surface area (Å²) in [5.74, 6) is 6.22. The molecular weight excluding hydrogens is 238 g/mol. The van der Waals surface area contributed by atoms with Gasteiger partial charge in [0.25, 0.3) is 0 Å². The number of hydrazine groups is 1. The van der Waals surface area contributed by atoms with Gasteiger partial charge in [0.15, 0.2) is 0 Å². The molecule has 2 aromatic rings. The van der Waals surface area contributed by atoms with E-state index in [0.717, 1.165) is 18.4 Å². The topological polar surface area (TPSA) is 60.2 Å². The maximum Gasteiger partial charge on any atom is 0.0551 e. The summed E-state index contributed by atoms with van der Waals surface area (Å²) < 4.78 is 5.67. The van der Waals surface area contributed by atoms with Crippen LogP contribution < -0.4 is 11.3 Å². The third kappa shape index (κ3) is 2.34. The Morgan fingerprint density at radius 1 is 1.42 bits per heavy atom. The standard InChI is InChI=1S/C15H19N3O/c1-10-7-12(9-19-10)15(18-16)14-4-2-3-11-8-17-6-5-13(11)14/h2-6,8,10,12,15,18H,7,9,16H2,1H3. The molecule has 1 saturated heterocycles. The van der Waals surface area contributed by atoms with Gasteiger partial charge in [0.2, 0.25) is 0 Å². The third-order valence-corrected chi connectivity index (χ3v) is 3.93. The Balaban J connectivity index is 2.01. The summed E-state index contributed by atoms with van der Waals surface area (Å²) in [6, 6.07) is 8.44. The molecule has 0 amide bonds. The van der Waals surface area contributed by atoms with Crippen molar-refractivity contribution in [3.63, 3.8) is 0 Å². The van der Waals surface area contributed by atoms with Crippen molar-refractivity contribution in [2.45, 2.75) is 25.5 Å². The molecule has 4 nitrogen and oxygen atoms in total. The molecule has 0 spiro atoms. The van der Waals surface area contributed by atoms with Crippen LogP contribution in [0.25, 0.3) is 10.8 Å². The number of nitrogens with two attached hydrogens (primary N) is 1. The van der Waals surface area contributed by atoms with Crippen molar-refractivity contribution in [2.75, 3.05) is 6.61 Å². The molecule has 1 aromatic carbocycles. The zero-order valence-electron chi connectivity index (χ0n) is 11.0. The Kier molecular flexibility index (Phi) is 3.46. The Labute approximate surface area is 112 Å². The van der Waals surface area contributed by atoms with Crippen LogP contribution in [-0.4, -0.2) is 17.7 Å². The number of nitrogens with zero attached hydrogens (tertiary/aromatic N) is 1. The van der Waals surface area contributed by atoms with E-state index in [1.807, 2.05) is 18.5 Å². The van der Waals surface area contributed by atoms with Crippen molar-refractivity contribution in [2.24, 2.45) is 11.8 Å². The van der Waals surface area contributed by atoms with Crippen LogP contribution in [0.1, 0.15) is 24.9 Å². The lowest BCUT2D eigenvalue weighted by molar-refractivity contribution is 0.117. The van der Waals surface area contributed by atoms with E-state index < -0.39 is 0 Å². The van der Waals surface area contributed by atoms with E-state index in [0.29, 0.717) is 12.0 Å². The summed E-state index contributed by atoms with van der Waals surface area (Å²) in [5, 5.41) is 2.35. The van der Waals surface area contributed by atoms with Crippen molar-refractivity contribution < 1.29 is 4.74 Å². The summed E-state index contributed by atoms with van der Waals surface area (Å²) in [5.41, 5.74) is 4.20. The number of ether oxygens (including phenoxy) is 1. The van der Waals surface area contributed by atoms with Crippen molar-refractivity contribution in [1.29, 1.82) is 0 Å². The van der Waals surface area contributed by atoms with Gasteiger partial charge in [-0.2, -0.15) is 0 Å². The predicted octanol–water partition coefficient (Wildman–Crippen LogP) is 2.16. The first-order valence-corrected chi connectivity index (χ1v) is 6.70. The molecule has 0 bridgehead atoms. The lowest BCUT2D eigenvalue weighted by Crippen LogP contribution is -2.34. The van der Waals surface area contributed by atoms with Crippen LogP contribution >= 0.6 is 0 Å². The predicted molar refractivity (Wildman–Crippen MR) is 75.3 cm³/mol. The largest absolute Gasteiger partial charge is 0.378 e. The second-order valence-corrected chi connectivity index (χ2v) is 5.23. The average Bonchev–Trinajstić information content (AvgIpc) is 2.86. The van der Waals surface area contributed by atoms with E-state index in [9.17, 15) is 0 Å². The van der Waals surface area contributed by atoms with Gasteiger partial charge in [-0.3, -0.25) is 16.3 Å². The van der Waals surface area contributed by atoms with E-state index >= 15 is 0 Å². The van der Waals surface area contributed by atoms with E-state index in [4.69, 9.17) is 10.6 Å². The fraction of sp³-hybridized carbons (Fsp3) is 0.400. The lowest BCUT2D eigenvalue weighted by atomic mass is 9.89. The highest BCUT2D eigenvalue weighted by molar-refractivity contribution is 5.85. The zero-order valence-corrected chi connectivity index (χ0v) is 11.0. The minimum atomic E-state index is 0.121. The summed E-state index contributed by atoms with van der Waals surface area (Å²) in [7, 11) is 0. The second-order valence-electron chi connectivity index (χ2n) is 5.23. The summed E-state index contributed by atoms with van der Waals surface area (Å²) in [4.78, 5) is 4.17. The van der Waals surface area contributed by atoms with Crippen LogP contribution in [0.3, 0.4) is 0 Å². The fourth-order valence-corrected chi connectivity index (χ4v) is 2.98. The van der Waals surface area contributed by atoms with Crippen LogP contribution in [0.5, 0.6) is 0 Å². The number of hydrogen-bond acceptors (Lipinski definition) is 4. The molecular formula is C15H19N3O. The molecule has 19 heavy (non-hydrogen) atoms. The molecule has 3 atom stereocenters. The van der Waals surface area contributed by atoms with Gasteiger partial charge in [-0.1, -0.05) is 18.2 Å². The molecule has 4 heteroatoms. The molecule has 1 fully saturated rings. The van der Waals surface area contributed by atoms with E-state index in [-0.39, 0.29) is 6.04 Å². The van der Waals surface area contributed by atoms with Crippen molar-refractivity contribution in [3.8, 4) is 0 Å². The molecule has 3 rings (SSSR count). The number of fused-ring (bicyclic) bond motifs is 1. The molecule has 0 aliphatic carbocycles. The average molecular weight is 257 g/mol. The van der Waals surface area contributed by atoms with Crippen molar-refractivity contribution >= 4 is 10.8 Å². The van der Waals surface area contributed by atoms with Gasteiger partial charge in [-0.15, -0.1) is 0 Å². The first kappa shape index (κ1) is 12.5. The normalized spacial score (nSPS) is 24.7. The first-order chi connectivity index (χ1) is 9.29. The molecule has 3 N–H and O–H groups in total. The minimum absolute atomic E-state index is 0.121. The molecule has 100 valence electrons. The van der Waals surface area contributed by atoms with Gasteiger partial charge in [0, 0.05) is 23.7 Å². The second kappa shape index (κ2) is 5.25. The van der Waals surface area contributed by atoms with Gasteiger partial charge >= 0.3 is 0 Å². The smallest absolute Gasteiger partial charge is 0.0551 e. The van der Waals surface area contributed by atoms with Crippen LogP contribution in [0.4, 0.5) is 0 Å². The number of benzene rings is 1. The fourth-order valence-electron chi connectivity index (χ4n) is 2.98. The maximum atomic E-state index is 5.80. The highest BCUT2D eigenvalue weighted by atomic mass is 16.5. The number of rotatable bonds is 3. The van der Waals surface area contributed by atoms with E-state index in [1.165, 1.54) is 10.9 Å². The number of nitrogens with one attached hydrogen (secondary N) is 1. The molecule has 0 saturated carbocycles. The summed E-state index contributed by atoms with van der Waals surface area (Å²) in [6.45, 7) is 2.87. The first-order valence-electron chi connectivity index (χ1n) is 6.70. The van der Waals surface area contributed by atoms with Gasteiger partial charge in [-0.05, 0) is 30.4 Å². The Morgan fingerprint density at radius 3 is 3.05 bits per heavy atom. The van der Waals surface area contributed by atoms with Gasteiger partial charge < -0.3 is 4.74 Å². The quantitative estimate of drug-likeness (QED) is 0.653. The van der Waals surface area contributed by atoms with Crippen molar-refractivity contribution in [3.05, 3.63) is 42.2 Å². The number of aromatic nitrogens is 1. The molecule has 1 aromatic heterocycles. The molecule has 1 aliphatic heterocycles. The molecule has 0 radical (unpaired) electrons. The third-order valence-electron chi connectivity index (χ3n) is 3.93. The SMILES string of the molecule is CC1CC(C(NN)c2cccc3cnccc23)CO1.